The van der Waals surface area contributed by atoms with Crippen molar-refractivity contribution in [1.82, 2.24) is 0 Å². The van der Waals surface area contributed by atoms with Crippen LogP contribution in [0.15, 0.2) is 0 Å². The van der Waals surface area contributed by atoms with E-state index in [9.17, 15) is 5.11 Å². The molecule has 0 aromatic carbocycles. The molecule has 2 nitrogen and oxygen atoms in total. The van der Waals surface area contributed by atoms with Crippen LogP contribution in [0.5, 0.6) is 0 Å². The lowest BCUT2D eigenvalue weighted by Gasteiger charge is -2.55. The summed E-state index contributed by atoms with van der Waals surface area (Å²) in [5.41, 5.74) is 0.498. The Bertz CT molecular complexity index is 173. The molecule has 2 fully saturated rings. The van der Waals surface area contributed by atoms with E-state index in [0.29, 0.717) is 5.41 Å². The molecule has 1 atom stereocenters. The SMILES string of the molecule is CC1(C)CC2(CC(O)CCO2)C1. The van der Waals surface area contributed by atoms with Crippen molar-refractivity contribution >= 4 is 0 Å². The molecule has 1 spiro atoms. The van der Waals surface area contributed by atoms with Crippen LogP contribution in [0, 0.1) is 5.41 Å². The number of ether oxygens (including phenoxy) is 1. The molecule has 1 heterocycles. The van der Waals surface area contributed by atoms with Crippen LogP contribution in [0.2, 0.25) is 0 Å². The van der Waals surface area contributed by atoms with Crippen LogP contribution >= 0.6 is 0 Å². The van der Waals surface area contributed by atoms with Crippen molar-refractivity contribution in [3.8, 4) is 0 Å². The molecule has 1 N–H and O–H groups in total. The van der Waals surface area contributed by atoms with E-state index < -0.39 is 0 Å². The monoisotopic (exact) mass is 170 g/mol. The van der Waals surface area contributed by atoms with Gasteiger partial charge in [0, 0.05) is 13.0 Å². The first-order chi connectivity index (χ1) is 5.52. The second-order valence-electron chi connectivity index (χ2n) is 5.20. The van der Waals surface area contributed by atoms with Gasteiger partial charge in [-0.3, -0.25) is 0 Å². The highest BCUT2D eigenvalue weighted by Crippen LogP contribution is 2.53. The lowest BCUT2D eigenvalue weighted by molar-refractivity contribution is -0.201. The van der Waals surface area contributed by atoms with Gasteiger partial charge in [-0.2, -0.15) is 0 Å². The third-order valence-corrected chi connectivity index (χ3v) is 3.07. The van der Waals surface area contributed by atoms with Crippen molar-refractivity contribution in [2.24, 2.45) is 5.41 Å². The van der Waals surface area contributed by atoms with Gasteiger partial charge in [-0.05, 0) is 24.7 Å². The van der Waals surface area contributed by atoms with E-state index in [1.165, 1.54) is 0 Å². The molecule has 70 valence electrons. The summed E-state index contributed by atoms with van der Waals surface area (Å²) in [6, 6.07) is 0. The second-order valence-corrected chi connectivity index (χ2v) is 5.20. The van der Waals surface area contributed by atoms with Gasteiger partial charge in [0.15, 0.2) is 0 Å². The largest absolute Gasteiger partial charge is 0.393 e. The summed E-state index contributed by atoms with van der Waals surface area (Å²) in [7, 11) is 0. The summed E-state index contributed by atoms with van der Waals surface area (Å²) in [6.07, 6.45) is 3.81. The molecule has 2 aliphatic rings. The molecule has 1 unspecified atom stereocenters. The Balaban J connectivity index is 1.96. The Morgan fingerprint density at radius 3 is 2.50 bits per heavy atom. The zero-order valence-electron chi connectivity index (χ0n) is 7.97. The lowest BCUT2D eigenvalue weighted by atomic mass is 9.59. The molecule has 0 bridgehead atoms. The van der Waals surface area contributed by atoms with E-state index in [2.05, 4.69) is 13.8 Å². The van der Waals surface area contributed by atoms with Crippen LogP contribution in [0.3, 0.4) is 0 Å². The van der Waals surface area contributed by atoms with E-state index in [1.54, 1.807) is 0 Å². The zero-order chi connectivity index (χ0) is 8.82. The third kappa shape index (κ3) is 1.38. The summed E-state index contributed by atoms with van der Waals surface area (Å²) in [5, 5.41) is 9.50. The molecular formula is C10H18O2. The molecule has 0 radical (unpaired) electrons. The fourth-order valence-corrected chi connectivity index (χ4v) is 2.94. The molecule has 1 saturated heterocycles. The van der Waals surface area contributed by atoms with Gasteiger partial charge in [0.2, 0.25) is 0 Å². The summed E-state index contributed by atoms with van der Waals surface area (Å²) in [6.45, 7) is 5.28. The van der Waals surface area contributed by atoms with E-state index in [4.69, 9.17) is 4.74 Å². The van der Waals surface area contributed by atoms with Gasteiger partial charge in [0.1, 0.15) is 0 Å². The van der Waals surface area contributed by atoms with Crippen LogP contribution in [-0.2, 0) is 4.74 Å². The molecule has 1 aliphatic carbocycles. The minimum Gasteiger partial charge on any atom is -0.393 e. The first kappa shape index (κ1) is 8.52. The average molecular weight is 170 g/mol. The van der Waals surface area contributed by atoms with Crippen molar-refractivity contribution in [1.29, 1.82) is 0 Å². The predicted molar refractivity (Wildman–Crippen MR) is 46.9 cm³/mol. The molecule has 1 aliphatic heterocycles. The predicted octanol–water partition coefficient (Wildman–Crippen LogP) is 1.72. The first-order valence-corrected chi connectivity index (χ1v) is 4.84. The normalized spacial score (nSPS) is 37.8. The maximum Gasteiger partial charge on any atom is 0.0717 e. The van der Waals surface area contributed by atoms with Crippen LogP contribution in [0.1, 0.15) is 39.5 Å². The standard InChI is InChI=1S/C10H18O2/c1-9(2)6-10(7-9)5-8(11)3-4-12-10/h8,11H,3-7H2,1-2H3. The first-order valence-electron chi connectivity index (χ1n) is 4.84. The van der Waals surface area contributed by atoms with E-state index in [-0.39, 0.29) is 11.7 Å². The van der Waals surface area contributed by atoms with Crippen molar-refractivity contribution in [3.05, 3.63) is 0 Å². The minimum atomic E-state index is -0.116. The smallest absolute Gasteiger partial charge is 0.0717 e. The Labute approximate surface area is 73.9 Å². The van der Waals surface area contributed by atoms with Crippen molar-refractivity contribution in [2.75, 3.05) is 6.61 Å². The van der Waals surface area contributed by atoms with E-state index in [1.807, 2.05) is 0 Å². The number of hydrogen-bond acceptors (Lipinski definition) is 2. The Morgan fingerprint density at radius 1 is 1.33 bits per heavy atom. The zero-order valence-corrected chi connectivity index (χ0v) is 7.97. The van der Waals surface area contributed by atoms with Gasteiger partial charge < -0.3 is 9.84 Å². The van der Waals surface area contributed by atoms with Crippen LogP contribution in [0.25, 0.3) is 0 Å². The number of hydrogen-bond donors (Lipinski definition) is 1. The molecule has 0 amide bonds. The van der Waals surface area contributed by atoms with Gasteiger partial charge in [-0.15, -0.1) is 0 Å². The van der Waals surface area contributed by atoms with Crippen LogP contribution in [0.4, 0.5) is 0 Å². The van der Waals surface area contributed by atoms with Gasteiger partial charge in [0.05, 0.1) is 11.7 Å². The second kappa shape index (κ2) is 2.46. The summed E-state index contributed by atoms with van der Waals surface area (Å²) < 4.78 is 5.75. The van der Waals surface area contributed by atoms with Gasteiger partial charge in [-0.25, -0.2) is 0 Å². The van der Waals surface area contributed by atoms with Gasteiger partial charge >= 0.3 is 0 Å². The fraction of sp³-hybridized carbons (Fsp3) is 1.00. The Morgan fingerprint density at radius 2 is 2.00 bits per heavy atom. The number of rotatable bonds is 0. The lowest BCUT2D eigenvalue weighted by Crippen LogP contribution is -2.55. The topological polar surface area (TPSA) is 29.5 Å². The Hall–Kier alpha value is -0.0800. The number of aliphatic hydroxyl groups is 1. The molecule has 2 heteroatoms. The highest BCUT2D eigenvalue weighted by Gasteiger charge is 2.52. The molecule has 0 aromatic heterocycles. The van der Waals surface area contributed by atoms with E-state index in [0.717, 1.165) is 32.3 Å². The van der Waals surface area contributed by atoms with Crippen LogP contribution in [-0.4, -0.2) is 23.4 Å². The van der Waals surface area contributed by atoms with Crippen molar-refractivity contribution in [2.45, 2.75) is 51.2 Å². The third-order valence-electron chi connectivity index (χ3n) is 3.07. The Kier molecular flexibility index (Phi) is 1.74. The molecule has 12 heavy (non-hydrogen) atoms. The summed E-state index contributed by atoms with van der Waals surface area (Å²) in [5.74, 6) is 0. The van der Waals surface area contributed by atoms with Crippen LogP contribution < -0.4 is 0 Å². The summed E-state index contributed by atoms with van der Waals surface area (Å²) >= 11 is 0. The van der Waals surface area contributed by atoms with Crippen molar-refractivity contribution < 1.29 is 9.84 Å². The number of aliphatic hydroxyl groups excluding tert-OH is 1. The molecule has 2 rings (SSSR count). The molecular weight excluding hydrogens is 152 g/mol. The minimum absolute atomic E-state index is 0.0567. The van der Waals surface area contributed by atoms with E-state index >= 15 is 0 Å². The van der Waals surface area contributed by atoms with Gasteiger partial charge in [-0.1, -0.05) is 13.8 Å². The molecule has 0 aromatic rings. The van der Waals surface area contributed by atoms with Gasteiger partial charge in [0.25, 0.3) is 0 Å². The maximum atomic E-state index is 9.50. The highest BCUT2D eigenvalue weighted by molar-refractivity contribution is 5.03. The fourth-order valence-electron chi connectivity index (χ4n) is 2.94. The quantitative estimate of drug-likeness (QED) is 0.599. The maximum absolute atomic E-state index is 9.50. The average Bonchev–Trinajstić information content (AvgIpc) is 1.81. The molecule has 1 saturated carbocycles. The summed E-state index contributed by atoms with van der Waals surface area (Å²) in [4.78, 5) is 0. The highest BCUT2D eigenvalue weighted by atomic mass is 16.5. The van der Waals surface area contributed by atoms with Crippen molar-refractivity contribution in [3.63, 3.8) is 0 Å².